The topological polar surface area (TPSA) is 61.4 Å². The first-order valence-electron chi connectivity index (χ1n) is 6.96. The zero-order valence-corrected chi connectivity index (χ0v) is 12.7. The molecule has 0 bridgehead atoms. The molecule has 0 atom stereocenters. The lowest BCUT2D eigenvalue weighted by Gasteiger charge is -2.42. The van der Waals surface area contributed by atoms with Gasteiger partial charge in [-0.05, 0) is 20.8 Å². The van der Waals surface area contributed by atoms with Crippen LogP contribution in [0.4, 0.5) is 5.82 Å². The normalized spacial score (nSPS) is 17.1. The van der Waals surface area contributed by atoms with Crippen LogP contribution >= 0.6 is 0 Å². The van der Waals surface area contributed by atoms with Gasteiger partial charge in [-0.1, -0.05) is 0 Å². The minimum Gasteiger partial charge on any atom is -0.372 e. The number of nitrogens with one attached hydrogen (secondary N) is 1. The van der Waals surface area contributed by atoms with E-state index in [1.807, 2.05) is 4.90 Å². The summed E-state index contributed by atoms with van der Waals surface area (Å²) in [5.74, 6) is 0.632. The summed E-state index contributed by atoms with van der Waals surface area (Å²) in [6.45, 7) is 9.89. The van der Waals surface area contributed by atoms with E-state index < -0.39 is 0 Å². The summed E-state index contributed by atoms with van der Waals surface area (Å²) in [4.78, 5) is 24.9. The molecule has 0 unspecified atom stereocenters. The van der Waals surface area contributed by atoms with Gasteiger partial charge in [0.05, 0.1) is 12.4 Å². The predicted octanol–water partition coefficient (Wildman–Crippen LogP) is 1.07. The van der Waals surface area contributed by atoms with Crippen LogP contribution in [0.25, 0.3) is 0 Å². The first-order valence-corrected chi connectivity index (χ1v) is 6.96. The molecule has 1 aromatic rings. The maximum Gasteiger partial charge on any atom is 0.274 e. The Hall–Kier alpha value is -1.69. The molecule has 2 heterocycles. The Labute approximate surface area is 120 Å². The quantitative estimate of drug-likeness (QED) is 0.876. The van der Waals surface area contributed by atoms with E-state index in [9.17, 15) is 4.79 Å². The Balaban J connectivity index is 1.97. The lowest BCUT2D eigenvalue weighted by atomic mass is 10.0. The SMILES string of the molecule is CNc1cnc(C(=O)N2CCN(C(C)(C)C)CC2)cn1. The summed E-state index contributed by atoms with van der Waals surface area (Å²) in [5.41, 5.74) is 0.567. The molecule has 6 nitrogen and oxygen atoms in total. The fourth-order valence-corrected chi connectivity index (χ4v) is 2.31. The standard InChI is InChI=1S/C14H23N5O/c1-14(2,3)19-7-5-18(6-8-19)13(20)11-9-17-12(15-4)10-16-11/h9-10H,5-8H2,1-4H3,(H,15,17). The molecule has 2 rings (SSSR count). The second kappa shape index (κ2) is 5.75. The number of aromatic nitrogens is 2. The van der Waals surface area contributed by atoms with E-state index in [0.29, 0.717) is 11.5 Å². The zero-order chi connectivity index (χ0) is 14.8. The highest BCUT2D eigenvalue weighted by Gasteiger charge is 2.28. The molecule has 1 aromatic heterocycles. The highest BCUT2D eigenvalue weighted by molar-refractivity contribution is 5.92. The van der Waals surface area contributed by atoms with Crippen molar-refractivity contribution < 1.29 is 4.79 Å². The van der Waals surface area contributed by atoms with Crippen molar-refractivity contribution >= 4 is 11.7 Å². The van der Waals surface area contributed by atoms with Crippen molar-refractivity contribution in [1.29, 1.82) is 0 Å². The van der Waals surface area contributed by atoms with Crippen LogP contribution in [0.5, 0.6) is 0 Å². The number of anilines is 1. The Kier molecular flexibility index (Phi) is 4.23. The van der Waals surface area contributed by atoms with Gasteiger partial charge in [-0.2, -0.15) is 0 Å². The van der Waals surface area contributed by atoms with Crippen molar-refractivity contribution in [3.05, 3.63) is 18.1 Å². The molecule has 1 aliphatic rings. The molecule has 1 N–H and O–H groups in total. The van der Waals surface area contributed by atoms with Crippen LogP contribution in [0, 0.1) is 0 Å². The van der Waals surface area contributed by atoms with Crippen molar-refractivity contribution in [2.75, 3.05) is 38.5 Å². The van der Waals surface area contributed by atoms with Gasteiger partial charge in [0, 0.05) is 38.8 Å². The van der Waals surface area contributed by atoms with Gasteiger partial charge in [-0.25, -0.2) is 9.97 Å². The molecule has 1 amide bonds. The van der Waals surface area contributed by atoms with E-state index in [-0.39, 0.29) is 11.4 Å². The summed E-state index contributed by atoms with van der Waals surface area (Å²) in [6.07, 6.45) is 3.11. The van der Waals surface area contributed by atoms with Crippen molar-refractivity contribution in [3.63, 3.8) is 0 Å². The molecule has 110 valence electrons. The second-order valence-corrected chi connectivity index (χ2v) is 5.99. The van der Waals surface area contributed by atoms with E-state index in [0.717, 1.165) is 26.2 Å². The molecule has 6 heteroatoms. The lowest BCUT2D eigenvalue weighted by Crippen LogP contribution is -2.54. The van der Waals surface area contributed by atoms with Crippen molar-refractivity contribution in [1.82, 2.24) is 19.8 Å². The van der Waals surface area contributed by atoms with E-state index in [2.05, 4.69) is 41.0 Å². The molecule has 1 saturated heterocycles. The molecule has 0 radical (unpaired) electrons. The maximum atomic E-state index is 12.3. The van der Waals surface area contributed by atoms with Gasteiger partial charge >= 0.3 is 0 Å². The van der Waals surface area contributed by atoms with E-state index in [1.54, 1.807) is 13.2 Å². The van der Waals surface area contributed by atoms with Crippen LogP contribution < -0.4 is 5.32 Å². The first kappa shape index (κ1) is 14.7. The van der Waals surface area contributed by atoms with Crippen molar-refractivity contribution in [3.8, 4) is 0 Å². The summed E-state index contributed by atoms with van der Waals surface area (Å²) in [5, 5.41) is 2.89. The first-order chi connectivity index (χ1) is 9.41. The summed E-state index contributed by atoms with van der Waals surface area (Å²) >= 11 is 0. The fraction of sp³-hybridized carbons (Fsp3) is 0.643. The molecule has 0 spiro atoms. The van der Waals surface area contributed by atoms with Gasteiger partial charge in [0.1, 0.15) is 11.5 Å². The van der Waals surface area contributed by atoms with Crippen LogP contribution in [0.1, 0.15) is 31.3 Å². The molecule has 1 fully saturated rings. The molecule has 0 aliphatic carbocycles. The number of nitrogens with zero attached hydrogens (tertiary/aromatic N) is 4. The molecular weight excluding hydrogens is 254 g/mol. The maximum absolute atomic E-state index is 12.3. The van der Waals surface area contributed by atoms with E-state index in [1.165, 1.54) is 6.20 Å². The molecular formula is C14H23N5O. The average molecular weight is 277 g/mol. The summed E-state index contributed by atoms with van der Waals surface area (Å²) in [7, 11) is 1.78. The third kappa shape index (κ3) is 3.25. The minimum atomic E-state index is -0.0336. The second-order valence-electron chi connectivity index (χ2n) is 5.99. The number of carbonyl (C=O) groups excluding carboxylic acids is 1. The molecule has 0 aromatic carbocycles. The third-order valence-electron chi connectivity index (χ3n) is 3.64. The summed E-state index contributed by atoms with van der Waals surface area (Å²) < 4.78 is 0. The number of carbonyl (C=O) groups is 1. The average Bonchev–Trinajstić information content (AvgIpc) is 2.46. The third-order valence-corrected chi connectivity index (χ3v) is 3.64. The minimum absolute atomic E-state index is 0.0336. The molecule has 20 heavy (non-hydrogen) atoms. The summed E-state index contributed by atoms with van der Waals surface area (Å²) in [6, 6.07) is 0. The fourth-order valence-electron chi connectivity index (χ4n) is 2.31. The number of amides is 1. The Morgan fingerprint density at radius 1 is 1.15 bits per heavy atom. The van der Waals surface area contributed by atoms with Crippen LogP contribution in [-0.4, -0.2) is 64.4 Å². The van der Waals surface area contributed by atoms with E-state index >= 15 is 0 Å². The lowest BCUT2D eigenvalue weighted by molar-refractivity contribution is 0.0446. The van der Waals surface area contributed by atoms with Gasteiger partial charge in [-0.15, -0.1) is 0 Å². The number of piperazine rings is 1. The Bertz CT molecular complexity index is 457. The van der Waals surface area contributed by atoms with E-state index in [4.69, 9.17) is 0 Å². The van der Waals surface area contributed by atoms with Gasteiger partial charge in [0.25, 0.3) is 5.91 Å². The largest absolute Gasteiger partial charge is 0.372 e. The Morgan fingerprint density at radius 3 is 2.25 bits per heavy atom. The van der Waals surface area contributed by atoms with Gasteiger partial charge in [0.2, 0.25) is 0 Å². The van der Waals surface area contributed by atoms with Crippen LogP contribution in [0.15, 0.2) is 12.4 Å². The molecule has 0 saturated carbocycles. The van der Waals surface area contributed by atoms with Crippen molar-refractivity contribution in [2.24, 2.45) is 0 Å². The van der Waals surface area contributed by atoms with Gasteiger partial charge in [0.15, 0.2) is 0 Å². The number of hydrogen-bond acceptors (Lipinski definition) is 5. The van der Waals surface area contributed by atoms with Gasteiger partial charge in [-0.3, -0.25) is 9.69 Å². The highest BCUT2D eigenvalue weighted by Crippen LogP contribution is 2.16. The van der Waals surface area contributed by atoms with Crippen molar-refractivity contribution in [2.45, 2.75) is 26.3 Å². The van der Waals surface area contributed by atoms with Gasteiger partial charge < -0.3 is 10.2 Å². The monoisotopic (exact) mass is 277 g/mol. The predicted molar refractivity (Wildman–Crippen MR) is 78.8 cm³/mol. The number of hydrogen-bond donors (Lipinski definition) is 1. The number of rotatable bonds is 2. The smallest absolute Gasteiger partial charge is 0.274 e. The molecule has 1 aliphatic heterocycles. The highest BCUT2D eigenvalue weighted by atomic mass is 16.2. The van der Waals surface area contributed by atoms with Crippen LogP contribution in [0.3, 0.4) is 0 Å². The van der Waals surface area contributed by atoms with Crippen LogP contribution in [-0.2, 0) is 0 Å². The Morgan fingerprint density at radius 2 is 1.80 bits per heavy atom. The zero-order valence-electron chi connectivity index (χ0n) is 12.7. The van der Waals surface area contributed by atoms with Crippen LogP contribution in [0.2, 0.25) is 0 Å².